The number of carbonyl (C=O) groups excluding carboxylic acids is 3. The molecule has 1 aliphatic rings. The molecule has 27 heavy (non-hydrogen) atoms. The molecule has 6 nitrogen and oxygen atoms in total. The Morgan fingerprint density at radius 2 is 1.93 bits per heavy atom. The SMILES string of the molecule is CCN(CC)C(=O)C[C@]1(c2ccccc2Cl)CC(=O)N(CCCOC)C1=O. The monoisotopic (exact) mass is 394 g/mol. The molecule has 0 bridgehead atoms. The molecule has 1 aromatic carbocycles. The molecule has 0 aliphatic carbocycles. The van der Waals surface area contributed by atoms with Gasteiger partial charge in [-0.25, -0.2) is 0 Å². The summed E-state index contributed by atoms with van der Waals surface area (Å²) in [6.45, 7) is 5.61. The molecule has 148 valence electrons. The first-order valence-corrected chi connectivity index (χ1v) is 9.65. The van der Waals surface area contributed by atoms with Crippen LogP contribution in [0.1, 0.15) is 38.7 Å². The average Bonchev–Trinajstić information content (AvgIpc) is 2.88. The lowest BCUT2D eigenvalue weighted by molar-refractivity contribution is -0.142. The van der Waals surface area contributed by atoms with Crippen LogP contribution in [0.25, 0.3) is 0 Å². The Morgan fingerprint density at radius 3 is 2.52 bits per heavy atom. The van der Waals surface area contributed by atoms with E-state index in [-0.39, 0.29) is 37.1 Å². The van der Waals surface area contributed by atoms with Crippen LogP contribution in [0.3, 0.4) is 0 Å². The molecular weight excluding hydrogens is 368 g/mol. The van der Waals surface area contributed by atoms with Gasteiger partial charge < -0.3 is 9.64 Å². The van der Waals surface area contributed by atoms with Gasteiger partial charge in [0.1, 0.15) is 0 Å². The van der Waals surface area contributed by atoms with Gasteiger partial charge in [0.25, 0.3) is 0 Å². The Bertz CT molecular complexity index is 705. The number of amides is 3. The van der Waals surface area contributed by atoms with Crippen molar-refractivity contribution in [2.75, 3.05) is 33.4 Å². The van der Waals surface area contributed by atoms with E-state index in [1.807, 2.05) is 13.8 Å². The number of hydrogen-bond donors (Lipinski definition) is 0. The third-order valence-electron chi connectivity index (χ3n) is 5.10. The van der Waals surface area contributed by atoms with Crippen molar-refractivity contribution in [3.8, 4) is 0 Å². The van der Waals surface area contributed by atoms with Crippen LogP contribution in [-0.2, 0) is 24.5 Å². The molecule has 1 aromatic rings. The molecular formula is C20H27ClN2O4. The zero-order valence-corrected chi connectivity index (χ0v) is 16.9. The van der Waals surface area contributed by atoms with Crippen molar-refractivity contribution in [3.63, 3.8) is 0 Å². The lowest BCUT2D eigenvalue weighted by atomic mass is 9.75. The van der Waals surface area contributed by atoms with Crippen molar-refractivity contribution in [1.29, 1.82) is 0 Å². The van der Waals surface area contributed by atoms with Crippen LogP contribution < -0.4 is 0 Å². The van der Waals surface area contributed by atoms with Gasteiger partial charge in [0, 0.05) is 51.2 Å². The highest BCUT2D eigenvalue weighted by Crippen LogP contribution is 2.43. The van der Waals surface area contributed by atoms with E-state index in [2.05, 4.69) is 0 Å². The maximum absolute atomic E-state index is 13.4. The summed E-state index contributed by atoms with van der Waals surface area (Å²) in [5.41, 5.74) is -0.706. The Hall–Kier alpha value is -1.92. The Balaban J connectivity index is 2.43. The highest BCUT2D eigenvalue weighted by molar-refractivity contribution is 6.32. The van der Waals surface area contributed by atoms with E-state index in [0.29, 0.717) is 36.7 Å². The molecule has 0 saturated carbocycles. The summed E-state index contributed by atoms with van der Waals surface area (Å²) >= 11 is 6.39. The summed E-state index contributed by atoms with van der Waals surface area (Å²) in [4.78, 5) is 41.8. The predicted molar refractivity (Wildman–Crippen MR) is 104 cm³/mol. The van der Waals surface area contributed by atoms with E-state index < -0.39 is 5.41 Å². The summed E-state index contributed by atoms with van der Waals surface area (Å²) in [6, 6.07) is 6.97. The maximum atomic E-state index is 13.4. The molecule has 7 heteroatoms. The summed E-state index contributed by atoms with van der Waals surface area (Å²) in [5, 5.41) is 0.393. The summed E-state index contributed by atoms with van der Waals surface area (Å²) in [6.07, 6.45) is 0.440. The Morgan fingerprint density at radius 1 is 1.26 bits per heavy atom. The number of benzene rings is 1. The Labute approximate surface area is 165 Å². The largest absolute Gasteiger partial charge is 0.385 e. The van der Waals surface area contributed by atoms with Gasteiger partial charge in [0.05, 0.1) is 5.41 Å². The molecule has 0 aromatic heterocycles. The van der Waals surface area contributed by atoms with Crippen molar-refractivity contribution < 1.29 is 19.1 Å². The first-order valence-electron chi connectivity index (χ1n) is 9.27. The zero-order chi connectivity index (χ0) is 20.0. The van der Waals surface area contributed by atoms with E-state index in [0.717, 1.165) is 0 Å². The minimum atomic E-state index is -1.25. The average molecular weight is 395 g/mol. The van der Waals surface area contributed by atoms with Gasteiger partial charge in [-0.1, -0.05) is 29.8 Å². The third-order valence-corrected chi connectivity index (χ3v) is 5.43. The summed E-state index contributed by atoms with van der Waals surface area (Å²) in [5.74, 6) is -0.777. The van der Waals surface area contributed by atoms with Gasteiger partial charge in [0.2, 0.25) is 17.7 Å². The van der Waals surface area contributed by atoms with Crippen LogP contribution in [0.4, 0.5) is 0 Å². The van der Waals surface area contributed by atoms with E-state index in [9.17, 15) is 14.4 Å². The van der Waals surface area contributed by atoms with Gasteiger partial charge in [-0.3, -0.25) is 19.3 Å². The zero-order valence-electron chi connectivity index (χ0n) is 16.2. The highest BCUT2D eigenvalue weighted by atomic mass is 35.5. The summed E-state index contributed by atoms with van der Waals surface area (Å²) < 4.78 is 5.02. The lowest BCUT2D eigenvalue weighted by Gasteiger charge is -2.30. The van der Waals surface area contributed by atoms with Crippen LogP contribution >= 0.6 is 11.6 Å². The third kappa shape index (κ3) is 4.33. The van der Waals surface area contributed by atoms with Crippen LogP contribution in [0.2, 0.25) is 5.02 Å². The quantitative estimate of drug-likeness (QED) is 0.477. The molecule has 1 aliphatic heterocycles. The van der Waals surface area contributed by atoms with Crippen molar-refractivity contribution in [1.82, 2.24) is 9.80 Å². The molecule has 0 unspecified atom stereocenters. The molecule has 1 heterocycles. The standard InChI is InChI=1S/C20H27ClN2O4/c1-4-22(5-2)17(24)13-20(15-9-6-7-10-16(15)21)14-18(25)23(19(20)26)11-8-12-27-3/h6-7,9-10H,4-5,8,11-14H2,1-3H3/t20-/m1/s1. The minimum absolute atomic E-state index is 0.0461. The van der Waals surface area contributed by atoms with Gasteiger partial charge in [-0.05, 0) is 31.9 Å². The molecule has 0 N–H and O–H groups in total. The molecule has 2 rings (SSSR count). The van der Waals surface area contributed by atoms with E-state index in [4.69, 9.17) is 16.3 Å². The number of likely N-dealkylation sites (tertiary alicyclic amines) is 1. The van der Waals surface area contributed by atoms with E-state index in [1.54, 1.807) is 36.3 Å². The fraction of sp³-hybridized carbons (Fsp3) is 0.550. The molecule has 3 amide bonds. The number of hydrogen-bond acceptors (Lipinski definition) is 4. The van der Waals surface area contributed by atoms with Crippen molar-refractivity contribution in [2.45, 2.75) is 38.5 Å². The van der Waals surface area contributed by atoms with Crippen LogP contribution in [0, 0.1) is 0 Å². The highest BCUT2D eigenvalue weighted by Gasteiger charge is 2.54. The second-order valence-corrected chi connectivity index (χ2v) is 7.09. The van der Waals surface area contributed by atoms with E-state index in [1.165, 1.54) is 4.90 Å². The lowest BCUT2D eigenvalue weighted by Crippen LogP contribution is -2.44. The molecule has 0 radical (unpaired) electrons. The molecule has 1 fully saturated rings. The first kappa shape index (κ1) is 21.4. The van der Waals surface area contributed by atoms with Gasteiger partial charge in [0.15, 0.2) is 0 Å². The second kappa shape index (κ2) is 9.33. The fourth-order valence-corrected chi connectivity index (χ4v) is 3.95. The normalized spacial score (nSPS) is 19.6. The van der Waals surface area contributed by atoms with Gasteiger partial charge in [-0.2, -0.15) is 0 Å². The van der Waals surface area contributed by atoms with Crippen LogP contribution in [0.5, 0.6) is 0 Å². The van der Waals surface area contributed by atoms with E-state index >= 15 is 0 Å². The molecule has 1 saturated heterocycles. The van der Waals surface area contributed by atoms with Gasteiger partial charge >= 0.3 is 0 Å². The van der Waals surface area contributed by atoms with Crippen molar-refractivity contribution in [3.05, 3.63) is 34.9 Å². The van der Waals surface area contributed by atoms with Crippen LogP contribution in [-0.4, -0.2) is 60.9 Å². The maximum Gasteiger partial charge on any atom is 0.240 e. The fourth-order valence-electron chi connectivity index (χ4n) is 3.63. The first-order chi connectivity index (χ1) is 12.9. The number of rotatable bonds is 9. The predicted octanol–water partition coefficient (Wildman–Crippen LogP) is 2.63. The Kier molecular flexibility index (Phi) is 7.39. The topological polar surface area (TPSA) is 66.9 Å². The number of imide groups is 1. The number of halogens is 1. The van der Waals surface area contributed by atoms with Gasteiger partial charge in [-0.15, -0.1) is 0 Å². The van der Waals surface area contributed by atoms with Crippen molar-refractivity contribution in [2.24, 2.45) is 0 Å². The van der Waals surface area contributed by atoms with Crippen LogP contribution in [0.15, 0.2) is 24.3 Å². The second-order valence-electron chi connectivity index (χ2n) is 6.68. The molecule has 0 spiro atoms. The molecule has 1 atom stereocenters. The number of nitrogens with zero attached hydrogens (tertiary/aromatic N) is 2. The number of ether oxygens (including phenoxy) is 1. The van der Waals surface area contributed by atoms with Crippen molar-refractivity contribution >= 4 is 29.3 Å². The smallest absolute Gasteiger partial charge is 0.240 e. The number of carbonyl (C=O) groups is 3. The minimum Gasteiger partial charge on any atom is -0.385 e. The number of methoxy groups -OCH3 is 1. The summed E-state index contributed by atoms with van der Waals surface area (Å²) in [7, 11) is 1.57.